The molecule has 5 heterocycles. The van der Waals surface area contributed by atoms with Gasteiger partial charge in [-0.25, -0.2) is 23.5 Å². The van der Waals surface area contributed by atoms with Crippen LogP contribution in [0.4, 0.5) is 8.78 Å². The standard InChI is InChI=1S/C30H23F2N5O4S/c31-20-3-5-22(34-24(20)16-40-26-6-1-17(13-33)11-21(26)32)19-7-9-36(14-19)15-27-35-23-4-2-18(28(38)39)12-25(23)37(27)29-30(42-29)8-10-41-30/h1-7,11-12,29H,8-10,14-16H2,(H,38,39)/t29?,30-/m1/s1. The summed E-state index contributed by atoms with van der Waals surface area (Å²) in [5.74, 6) is -1.53. The third-order valence-corrected chi connectivity index (χ3v) is 9.20. The minimum atomic E-state index is -0.990. The zero-order valence-corrected chi connectivity index (χ0v) is 22.9. The van der Waals surface area contributed by atoms with E-state index in [4.69, 9.17) is 19.7 Å². The van der Waals surface area contributed by atoms with Gasteiger partial charge in [0.2, 0.25) is 0 Å². The zero-order valence-electron chi connectivity index (χ0n) is 22.1. The molecule has 1 N–H and O–H groups in total. The highest BCUT2D eigenvalue weighted by Crippen LogP contribution is 2.69. The molecule has 0 radical (unpaired) electrons. The normalized spacial score (nSPS) is 21.3. The number of hydrogen-bond acceptors (Lipinski definition) is 8. The number of fused-ring (bicyclic) bond motifs is 1. The number of carbonyl (C=O) groups is 1. The van der Waals surface area contributed by atoms with E-state index < -0.39 is 17.6 Å². The Balaban J connectivity index is 1.08. The molecule has 42 heavy (non-hydrogen) atoms. The van der Waals surface area contributed by atoms with Crippen LogP contribution >= 0.6 is 11.8 Å². The van der Waals surface area contributed by atoms with Gasteiger partial charge in [0.15, 0.2) is 11.6 Å². The van der Waals surface area contributed by atoms with Crippen LogP contribution in [0, 0.1) is 23.0 Å². The molecular formula is C30H23F2N5O4S. The number of thioether (sulfide) groups is 1. The van der Waals surface area contributed by atoms with Gasteiger partial charge in [0.25, 0.3) is 0 Å². The molecule has 0 bridgehead atoms. The molecule has 9 nitrogen and oxygen atoms in total. The number of benzene rings is 2. The summed E-state index contributed by atoms with van der Waals surface area (Å²) in [6.45, 7) is 2.13. The zero-order chi connectivity index (χ0) is 29.0. The first-order valence-corrected chi connectivity index (χ1v) is 14.2. The van der Waals surface area contributed by atoms with E-state index in [0.717, 1.165) is 34.9 Å². The third-order valence-electron chi connectivity index (χ3n) is 7.70. The van der Waals surface area contributed by atoms with Crippen molar-refractivity contribution >= 4 is 34.3 Å². The number of nitriles is 1. The molecule has 3 aliphatic heterocycles. The lowest BCUT2D eigenvalue weighted by Gasteiger charge is -2.26. The number of ether oxygens (including phenoxy) is 2. The number of aromatic carboxylic acids is 1. The number of pyridine rings is 1. The second-order valence-electron chi connectivity index (χ2n) is 10.4. The number of nitrogens with zero attached hydrogens (tertiary/aromatic N) is 5. The van der Waals surface area contributed by atoms with Crippen LogP contribution < -0.4 is 4.74 Å². The number of imidazole rings is 1. The van der Waals surface area contributed by atoms with E-state index in [0.29, 0.717) is 31.9 Å². The largest absolute Gasteiger partial charge is 0.484 e. The summed E-state index contributed by atoms with van der Waals surface area (Å²) in [5.41, 5.74) is 3.42. The number of aromatic nitrogens is 3. The fourth-order valence-corrected chi connectivity index (χ4v) is 6.65. The monoisotopic (exact) mass is 587 g/mol. The quantitative estimate of drug-likeness (QED) is 0.281. The lowest BCUT2D eigenvalue weighted by Crippen LogP contribution is -2.32. The number of carboxylic acids is 1. The predicted molar refractivity (Wildman–Crippen MR) is 150 cm³/mol. The fraction of sp³-hybridized carbons (Fsp3) is 0.267. The van der Waals surface area contributed by atoms with E-state index in [1.165, 1.54) is 18.2 Å². The van der Waals surface area contributed by atoms with Crippen LogP contribution in [0.15, 0.2) is 54.6 Å². The Bertz CT molecular complexity index is 1830. The Kier molecular flexibility index (Phi) is 6.46. The van der Waals surface area contributed by atoms with E-state index >= 15 is 0 Å². The average molecular weight is 588 g/mol. The van der Waals surface area contributed by atoms with Crippen molar-refractivity contribution in [1.82, 2.24) is 19.4 Å². The fourth-order valence-electron chi connectivity index (χ4n) is 5.36. The molecule has 0 amide bonds. The summed E-state index contributed by atoms with van der Waals surface area (Å²) in [6.07, 6.45) is 2.97. The molecule has 3 aliphatic rings. The van der Waals surface area contributed by atoms with Crippen LogP contribution in [0.25, 0.3) is 16.6 Å². The molecule has 2 aromatic carbocycles. The van der Waals surface area contributed by atoms with Gasteiger partial charge < -0.3 is 19.1 Å². The molecule has 12 heteroatoms. The van der Waals surface area contributed by atoms with Crippen LogP contribution in [-0.4, -0.2) is 55.1 Å². The summed E-state index contributed by atoms with van der Waals surface area (Å²) in [7, 11) is 0. The van der Waals surface area contributed by atoms with Crippen molar-refractivity contribution in [2.45, 2.75) is 29.9 Å². The third kappa shape index (κ3) is 4.69. The van der Waals surface area contributed by atoms with Crippen LogP contribution in [0.1, 0.15) is 44.9 Å². The van der Waals surface area contributed by atoms with Crippen molar-refractivity contribution in [3.05, 3.63) is 94.6 Å². The number of carboxylic acid groups (broad SMARTS) is 1. The summed E-state index contributed by atoms with van der Waals surface area (Å²) in [4.78, 5) is 22.9. The van der Waals surface area contributed by atoms with Crippen molar-refractivity contribution in [2.24, 2.45) is 0 Å². The highest BCUT2D eigenvalue weighted by molar-refractivity contribution is 8.07. The van der Waals surface area contributed by atoms with Gasteiger partial charge in [-0.05, 0) is 54.1 Å². The second kappa shape index (κ2) is 10.2. The molecule has 0 saturated carbocycles. The van der Waals surface area contributed by atoms with Gasteiger partial charge in [0.1, 0.15) is 34.2 Å². The molecule has 1 spiro atoms. The van der Waals surface area contributed by atoms with E-state index in [-0.39, 0.29) is 39.5 Å². The first-order chi connectivity index (χ1) is 20.3. The van der Waals surface area contributed by atoms with Crippen molar-refractivity contribution in [2.75, 3.05) is 19.7 Å². The van der Waals surface area contributed by atoms with E-state index in [2.05, 4.69) is 14.5 Å². The lowest BCUT2D eigenvalue weighted by molar-refractivity contribution is -0.0624. The molecule has 0 aliphatic carbocycles. The predicted octanol–water partition coefficient (Wildman–Crippen LogP) is 5.12. The van der Waals surface area contributed by atoms with E-state index in [1.54, 1.807) is 36.0 Å². The molecule has 1 unspecified atom stereocenters. The van der Waals surface area contributed by atoms with Gasteiger partial charge in [0, 0.05) is 19.5 Å². The minimum Gasteiger partial charge on any atom is -0.484 e. The van der Waals surface area contributed by atoms with E-state index in [1.807, 2.05) is 12.1 Å². The van der Waals surface area contributed by atoms with Crippen molar-refractivity contribution in [3.8, 4) is 11.8 Å². The Hall–Kier alpha value is -4.31. The Morgan fingerprint density at radius 1 is 1.19 bits per heavy atom. The summed E-state index contributed by atoms with van der Waals surface area (Å²) >= 11 is 1.72. The van der Waals surface area contributed by atoms with Gasteiger partial charge >= 0.3 is 5.97 Å². The molecule has 2 atom stereocenters. The topological polar surface area (TPSA) is 114 Å². The maximum atomic E-state index is 14.6. The van der Waals surface area contributed by atoms with Crippen LogP contribution in [0.2, 0.25) is 0 Å². The van der Waals surface area contributed by atoms with Crippen molar-refractivity contribution in [1.29, 1.82) is 5.26 Å². The summed E-state index contributed by atoms with van der Waals surface area (Å²) in [5, 5.41) is 18.5. The van der Waals surface area contributed by atoms with Crippen LogP contribution in [0.3, 0.4) is 0 Å². The van der Waals surface area contributed by atoms with Gasteiger partial charge in [-0.2, -0.15) is 5.26 Å². The van der Waals surface area contributed by atoms with Crippen molar-refractivity contribution in [3.63, 3.8) is 0 Å². The van der Waals surface area contributed by atoms with E-state index in [9.17, 15) is 18.7 Å². The highest BCUT2D eigenvalue weighted by atomic mass is 32.2. The SMILES string of the molecule is N#Cc1ccc(OCc2nc(C3=CCN(Cc4nc5ccc(C(=O)O)cc5n4C4S[C@]45CCO5)C3)ccc2F)c(F)c1. The number of hydrogen-bond donors (Lipinski definition) is 1. The number of rotatable bonds is 8. The average Bonchev–Trinajstić information content (AvgIpc) is 3.38. The summed E-state index contributed by atoms with van der Waals surface area (Å²) in [6, 6.07) is 13.6. The first kappa shape index (κ1) is 26.6. The van der Waals surface area contributed by atoms with Crippen LogP contribution in [0.5, 0.6) is 5.75 Å². The van der Waals surface area contributed by atoms with Crippen molar-refractivity contribution < 1.29 is 28.2 Å². The maximum absolute atomic E-state index is 14.6. The first-order valence-electron chi connectivity index (χ1n) is 13.3. The second-order valence-corrected chi connectivity index (χ2v) is 11.7. The van der Waals surface area contributed by atoms with Gasteiger partial charge in [0.05, 0.1) is 47.1 Å². The Morgan fingerprint density at radius 3 is 2.76 bits per heavy atom. The minimum absolute atomic E-state index is 0.0348. The molecule has 2 saturated heterocycles. The molecule has 2 aromatic heterocycles. The Morgan fingerprint density at radius 2 is 2.05 bits per heavy atom. The maximum Gasteiger partial charge on any atom is 0.335 e. The summed E-state index contributed by atoms with van der Waals surface area (Å²) < 4.78 is 42.2. The Labute approximate surface area is 243 Å². The lowest BCUT2D eigenvalue weighted by atomic mass is 10.1. The molecule has 4 aromatic rings. The molecular weight excluding hydrogens is 564 g/mol. The smallest absolute Gasteiger partial charge is 0.335 e. The molecule has 2 fully saturated rings. The number of halogens is 2. The highest BCUT2D eigenvalue weighted by Gasteiger charge is 2.63. The molecule has 7 rings (SSSR count). The van der Waals surface area contributed by atoms with Gasteiger partial charge in [-0.3, -0.25) is 4.90 Å². The van der Waals surface area contributed by atoms with Gasteiger partial charge in [-0.1, -0.05) is 17.8 Å². The molecule has 212 valence electrons. The van der Waals surface area contributed by atoms with Gasteiger partial charge in [-0.15, -0.1) is 0 Å². The van der Waals surface area contributed by atoms with Crippen LogP contribution in [-0.2, 0) is 17.9 Å².